The summed E-state index contributed by atoms with van der Waals surface area (Å²) in [7, 11) is -3.11. The SMILES string of the molecule is O=C(O)CCC/C=C\C[C@@H]1[C@H](CS(=O)(=O)CCCc2ccccc2)[C@@H]2CC[C@H]1O2. The van der Waals surface area contributed by atoms with Crippen LogP contribution in [0, 0.1) is 11.8 Å². The number of carboxylic acid groups (broad SMARTS) is 1. The van der Waals surface area contributed by atoms with Crippen molar-refractivity contribution in [3.05, 3.63) is 48.0 Å². The Hall–Kier alpha value is -1.66. The zero-order valence-corrected chi connectivity index (χ0v) is 17.7. The standard InChI is InChI=1S/C23H32O5S/c24-23(25)13-7-2-1-6-12-19-20(22-15-14-21(19)28-22)17-29(26,27)16-8-11-18-9-4-3-5-10-18/h1,3-6,9-10,19-22H,2,7-8,11-17H2,(H,24,25)/b6-1-/t19-,20+,21-,22+/m1/s1. The van der Waals surface area contributed by atoms with Gasteiger partial charge in [0, 0.05) is 12.3 Å². The van der Waals surface area contributed by atoms with Crippen LogP contribution >= 0.6 is 0 Å². The number of rotatable bonds is 12. The molecule has 2 aliphatic heterocycles. The number of aliphatic carboxylic acids is 1. The van der Waals surface area contributed by atoms with Crippen molar-refractivity contribution in [1.82, 2.24) is 0 Å². The second-order valence-corrected chi connectivity index (χ2v) is 10.5. The third-order valence-corrected chi connectivity index (χ3v) is 7.94. The normalized spacial score (nSPS) is 26.3. The number of unbranched alkanes of at least 4 members (excludes halogenated alkanes) is 1. The van der Waals surface area contributed by atoms with Gasteiger partial charge in [-0.2, -0.15) is 0 Å². The number of allylic oxidation sites excluding steroid dienone is 2. The van der Waals surface area contributed by atoms with Gasteiger partial charge in [-0.25, -0.2) is 8.42 Å². The Labute approximate surface area is 174 Å². The molecule has 2 aliphatic rings. The first-order chi connectivity index (χ1) is 13.9. The maximum Gasteiger partial charge on any atom is 0.303 e. The minimum atomic E-state index is -3.11. The predicted molar refractivity (Wildman–Crippen MR) is 114 cm³/mol. The highest BCUT2D eigenvalue weighted by Crippen LogP contribution is 2.45. The molecule has 2 bridgehead atoms. The molecule has 0 unspecified atom stereocenters. The molecular weight excluding hydrogens is 388 g/mol. The highest BCUT2D eigenvalue weighted by Gasteiger charge is 2.49. The molecular formula is C23H32O5S. The molecule has 1 N–H and O–H groups in total. The topological polar surface area (TPSA) is 80.7 Å². The Kier molecular flexibility index (Phi) is 7.90. The largest absolute Gasteiger partial charge is 0.481 e. The number of carboxylic acids is 1. The van der Waals surface area contributed by atoms with Crippen molar-refractivity contribution in [1.29, 1.82) is 0 Å². The molecule has 3 rings (SSSR count). The van der Waals surface area contributed by atoms with Gasteiger partial charge >= 0.3 is 5.97 Å². The maximum atomic E-state index is 12.7. The van der Waals surface area contributed by atoms with Crippen molar-refractivity contribution in [2.75, 3.05) is 11.5 Å². The minimum absolute atomic E-state index is 0.0781. The van der Waals surface area contributed by atoms with Crippen molar-refractivity contribution < 1.29 is 23.1 Å². The molecule has 6 heteroatoms. The van der Waals surface area contributed by atoms with E-state index in [1.807, 2.05) is 36.4 Å². The van der Waals surface area contributed by atoms with Crippen molar-refractivity contribution in [2.24, 2.45) is 11.8 Å². The number of ether oxygens (including phenoxy) is 1. The quantitative estimate of drug-likeness (QED) is 0.408. The molecule has 0 saturated carbocycles. The van der Waals surface area contributed by atoms with E-state index in [2.05, 4.69) is 6.08 Å². The average molecular weight is 421 g/mol. The molecule has 0 aliphatic carbocycles. The van der Waals surface area contributed by atoms with Gasteiger partial charge in [0.1, 0.15) is 0 Å². The third-order valence-electron chi connectivity index (χ3n) is 6.14. The minimum Gasteiger partial charge on any atom is -0.481 e. The number of sulfone groups is 1. The summed E-state index contributed by atoms with van der Waals surface area (Å²) in [6.07, 6.45) is 10.2. The summed E-state index contributed by atoms with van der Waals surface area (Å²) >= 11 is 0. The number of fused-ring (bicyclic) bond motifs is 2. The van der Waals surface area contributed by atoms with Gasteiger partial charge in [-0.1, -0.05) is 42.5 Å². The monoisotopic (exact) mass is 420 g/mol. The first-order valence-electron chi connectivity index (χ1n) is 10.7. The predicted octanol–water partition coefficient (Wildman–Crippen LogP) is 4.03. The second kappa shape index (κ2) is 10.4. The van der Waals surface area contributed by atoms with Crippen LogP contribution in [0.1, 0.15) is 50.5 Å². The molecule has 1 aromatic rings. The van der Waals surface area contributed by atoms with Gasteiger partial charge in [-0.3, -0.25) is 4.79 Å². The molecule has 0 spiro atoms. The van der Waals surface area contributed by atoms with E-state index in [0.29, 0.717) is 12.8 Å². The molecule has 0 radical (unpaired) electrons. The van der Waals surface area contributed by atoms with Gasteiger partial charge in [0.15, 0.2) is 9.84 Å². The highest BCUT2D eigenvalue weighted by molar-refractivity contribution is 7.91. The van der Waals surface area contributed by atoms with E-state index in [9.17, 15) is 13.2 Å². The molecule has 1 aromatic carbocycles. The summed E-state index contributed by atoms with van der Waals surface area (Å²) in [6.45, 7) is 0. The number of aryl methyl sites for hydroxylation is 1. The first-order valence-corrected chi connectivity index (χ1v) is 12.5. The summed E-state index contributed by atoms with van der Waals surface area (Å²) in [5.41, 5.74) is 1.18. The molecule has 160 valence electrons. The highest BCUT2D eigenvalue weighted by atomic mass is 32.2. The van der Waals surface area contributed by atoms with Crippen molar-refractivity contribution >= 4 is 15.8 Å². The summed E-state index contributed by atoms with van der Waals surface area (Å²) in [4.78, 5) is 10.6. The van der Waals surface area contributed by atoms with Crippen LogP contribution in [0.2, 0.25) is 0 Å². The summed E-state index contributed by atoms with van der Waals surface area (Å²) in [5.74, 6) is 0.0264. The Bertz CT molecular complexity index is 787. The maximum absolute atomic E-state index is 12.7. The van der Waals surface area contributed by atoms with Crippen molar-refractivity contribution in [3.8, 4) is 0 Å². The smallest absolute Gasteiger partial charge is 0.303 e. The van der Waals surface area contributed by atoms with E-state index in [1.54, 1.807) is 0 Å². The Balaban J connectivity index is 1.48. The van der Waals surface area contributed by atoms with Crippen LogP contribution in [-0.2, 0) is 25.8 Å². The molecule has 0 aromatic heterocycles. The van der Waals surface area contributed by atoms with E-state index in [0.717, 1.165) is 32.1 Å². The van der Waals surface area contributed by atoms with Crippen molar-refractivity contribution in [3.63, 3.8) is 0 Å². The molecule has 2 fully saturated rings. The lowest BCUT2D eigenvalue weighted by atomic mass is 9.78. The van der Waals surface area contributed by atoms with Crippen LogP contribution in [0.4, 0.5) is 0 Å². The van der Waals surface area contributed by atoms with Crippen molar-refractivity contribution in [2.45, 2.75) is 63.6 Å². The summed E-state index contributed by atoms with van der Waals surface area (Å²) < 4.78 is 31.5. The van der Waals surface area contributed by atoms with E-state index in [1.165, 1.54) is 5.56 Å². The lowest BCUT2D eigenvalue weighted by Crippen LogP contribution is -2.33. The van der Waals surface area contributed by atoms with Gasteiger partial charge in [0.2, 0.25) is 0 Å². The summed E-state index contributed by atoms with van der Waals surface area (Å²) in [6, 6.07) is 10.0. The van der Waals surface area contributed by atoms with Gasteiger partial charge in [-0.05, 0) is 56.4 Å². The van der Waals surface area contributed by atoms with Crippen LogP contribution in [0.25, 0.3) is 0 Å². The molecule has 4 atom stereocenters. The Morgan fingerprint density at radius 2 is 1.79 bits per heavy atom. The fourth-order valence-electron chi connectivity index (χ4n) is 4.69. The zero-order valence-electron chi connectivity index (χ0n) is 16.9. The fourth-order valence-corrected chi connectivity index (χ4v) is 6.49. The van der Waals surface area contributed by atoms with Crippen LogP contribution in [0.3, 0.4) is 0 Å². The Morgan fingerprint density at radius 1 is 1.07 bits per heavy atom. The Morgan fingerprint density at radius 3 is 2.52 bits per heavy atom. The molecule has 0 amide bonds. The number of hydrogen-bond acceptors (Lipinski definition) is 4. The van der Waals surface area contributed by atoms with Crippen LogP contribution in [-0.4, -0.2) is 43.2 Å². The molecule has 29 heavy (non-hydrogen) atoms. The lowest BCUT2D eigenvalue weighted by molar-refractivity contribution is -0.137. The number of benzene rings is 1. The van der Waals surface area contributed by atoms with E-state index in [-0.39, 0.29) is 42.0 Å². The van der Waals surface area contributed by atoms with E-state index in [4.69, 9.17) is 9.84 Å². The average Bonchev–Trinajstić information content (AvgIpc) is 3.27. The van der Waals surface area contributed by atoms with E-state index >= 15 is 0 Å². The number of hydrogen-bond donors (Lipinski definition) is 1. The van der Waals surface area contributed by atoms with Gasteiger partial charge in [0.05, 0.1) is 23.7 Å². The summed E-state index contributed by atoms with van der Waals surface area (Å²) in [5, 5.41) is 8.69. The van der Waals surface area contributed by atoms with Gasteiger partial charge in [-0.15, -0.1) is 0 Å². The van der Waals surface area contributed by atoms with Crippen LogP contribution < -0.4 is 0 Å². The second-order valence-electron chi connectivity index (χ2n) is 8.31. The molecule has 2 heterocycles. The van der Waals surface area contributed by atoms with E-state index < -0.39 is 15.8 Å². The van der Waals surface area contributed by atoms with Gasteiger partial charge in [0.25, 0.3) is 0 Å². The third kappa shape index (κ3) is 6.68. The first kappa shape index (κ1) is 22.0. The zero-order chi connectivity index (χ0) is 20.7. The fraction of sp³-hybridized carbons (Fsp3) is 0.609. The van der Waals surface area contributed by atoms with Gasteiger partial charge < -0.3 is 9.84 Å². The lowest BCUT2D eigenvalue weighted by Gasteiger charge is -2.27. The number of carbonyl (C=O) groups is 1. The molecule has 2 saturated heterocycles. The molecule has 5 nitrogen and oxygen atoms in total. The van der Waals surface area contributed by atoms with Crippen LogP contribution in [0.15, 0.2) is 42.5 Å². The van der Waals surface area contributed by atoms with Crippen LogP contribution in [0.5, 0.6) is 0 Å².